The minimum Gasteiger partial charge on any atom is -0.481 e. The summed E-state index contributed by atoms with van der Waals surface area (Å²) in [6, 6.07) is 15.7. The second kappa shape index (κ2) is 10.3. The maximum Gasteiger partial charge on any atom is 0.407 e. The third kappa shape index (κ3) is 5.19. The number of aromatic nitrogens is 1. The molecule has 0 bridgehead atoms. The summed E-state index contributed by atoms with van der Waals surface area (Å²) in [6.07, 6.45) is -0.561. The van der Waals surface area contributed by atoms with Gasteiger partial charge < -0.3 is 20.5 Å². The molecule has 2 unspecified atom stereocenters. The van der Waals surface area contributed by atoms with Crippen LogP contribution in [0.5, 0.6) is 0 Å². The number of rotatable bonds is 8. The van der Waals surface area contributed by atoms with Crippen molar-refractivity contribution >= 4 is 29.3 Å². The van der Waals surface area contributed by atoms with Gasteiger partial charge in [-0.25, -0.2) is 9.78 Å². The molecule has 1 aliphatic rings. The predicted molar refractivity (Wildman–Crippen MR) is 132 cm³/mol. The van der Waals surface area contributed by atoms with Gasteiger partial charge in [0.1, 0.15) is 16.5 Å². The Morgan fingerprint density at radius 2 is 1.66 bits per heavy atom. The fourth-order valence-electron chi connectivity index (χ4n) is 4.15. The summed E-state index contributed by atoms with van der Waals surface area (Å²) in [5, 5.41) is 15.1. The minimum atomic E-state index is -0.980. The van der Waals surface area contributed by atoms with E-state index >= 15 is 0 Å². The zero-order valence-corrected chi connectivity index (χ0v) is 20.5. The van der Waals surface area contributed by atoms with E-state index < -0.39 is 24.0 Å². The normalized spacial score (nSPS) is 13.9. The number of amides is 2. The quantitative estimate of drug-likeness (QED) is 0.430. The summed E-state index contributed by atoms with van der Waals surface area (Å²) >= 11 is 1.16. The maximum absolute atomic E-state index is 12.6. The number of carbonyl (C=O) groups excluding carboxylic acids is 2. The van der Waals surface area contributed by atoms with Gasteiger partial charge in [0.2, 0.25) is 0 Å². The number of hydrogen-bond donors (Lipinski definition) is 3. The highest BCUT2D eigenvalue weighted by Gasteiger charge is 2.29. The summed E-state index contributed by atoms with van der Waals surface area (Å²) in [4.78, 5) is 40.8. The van der Waals surface area contributed by atoms with Crippen LogP contribution in [0, 0.1) is 12.8 Å². The summed E-state index contributed by atoms with van der Waals surface area (Å²) in [5.74, 6) is -2.11. The van der Waals surface area contributed by atoms with E-state index in [1.807, 2.05) is 24.3 Å². The van der Waals surface area contributed by atoms with Gasteiger partial charge >= 0.3 is 12.1 Å². The molecule has 0 saturated heterocycles. The first-order chi connectivity index (χ1) is 16.8. The largest absolute Gasteiger partial charge is 0.481 e. The predicted octanol–water partition coefficient (Wildman–Crippen LogP) is 4.33. The second-order valence-electron chi connectivity index (χ2n) is 8.59. The Morgan fingerprint density at radius 1 is 1.06 bits per heavy atom. The van der Waals surface area contributed by atoms with E-state index in [0.29, 0.717) is 15.6 Å². The van der Waals surface area contributed by atoms with Gasteiger partial charge in [-0.3, -0.25) is 9.59 Å². The van der Waals surface area contributed by atoms with Crippen molar-refractivity contribution in [3.8, 4) is 11.1 Å². The molecule has 1 aromatic heterocycles. The van der Waals surface area contributed by atoms with Crippen molar-refractivity contribution in [2.75, 3.05) is 6.61 Å². The Bertz CT molecular complexity index is 1230. The van der Waals surface area contributed by atoms with Gasteiger partial charge in [0.05, 0.1) is 18.2 Å². The first-order valence-electron chi connectivity index (χ1n) is 11.3. The van der Waals surface area contributed by atoms with Crippen LogP contribution in [0.3, 0.4) is 0 Å². The summed E-state index contributed by atoms with van der Waals surface area (Å²) < 4.78 is 5.54. The van der Waals surface area contributed by atoms with Crippen LogP contribution in [0.4, 0.5) is 4.79 Å². The van der Waals surface area contributed by atoms with Crippen molar-refractivity contribution in [2.45, 2.75) is 39.3 Å². The Hall–Kier alpha value is -3.72. The molecule has 3 N–H and O–H groups in total. The third-order valence-electron chi connectivity index (χ3n) is 6.27. The molecule has 3 aromatic rings. The number of carboxylic acids is 1. The molecule has 0 aliphatic heterocycles. The highest BCUT2D eigenvalue weighted by molar-refractivity contribution is 7.13. The van der Waals surface area contributed by atoms with E-state index in [4.69, 9.17) is 9.84 Å². The second-order valence-corrected chi connectivity index (χ2v) is 9.67. The fraction of sp³-hybridized carbons (Fsp3) is 0.308. The topological polar surface area (TPSA) is 118 Å². The van der Waals surface area contributed by atoms with E-state index in [1.165, 1.54) is 6.92 Å². The number of carboxylic acid groups (broad SMARTS) is 1. The number of thiazole rings is 1. The van der Waals surface area contributed by atoms with Gasteiger partial charge in [0.15, 0.2) is 0 Å². The summed E-state index contributed by atoms with van der Waals surface area (Å²) in [5.41, 5.74) is 5.12. The first-order valence-corrected chi connectivity index (χ1v) is 12.2. The molecule has 182 valence electrons. The number of benzene rings is 2. The van der Waals surface area contributed by atoms with Crippen molar-refractivity contribution in [1.82, 2.24) is 15.6 Å². The zero-order valence-electron chi connectivity index (χ0n) is 19.7. The van der Waals surface area contributed by atoms with Crippen molar-refractivity contribution in [3.63, 3.8) is 0 Å². The monoisotopic (exact) mass is 493 g/mol. The minimum absolute atomic E-state index is 0.0271. The molecule has 0 saturated carbocycles. The fourth-order valence-corrected chi connectivity index (χ4v) is 5.05. The van der Waals surface area contributed by atoms with Crippen LogP contribution in [-0.2, 0) is 16.1 Å². The van der Waals surface area contributed by atoms with Crippen LogP contribution in [0.1, 0.15) is 51.3 Å². The van der Waals surface area contributed by atoms with Crippen LogP contribution < -0.4 is 10.6 Å². The molecule has 0 radical (unpaired) electrons. The van der Waals surface area contributed by atoms with E-state index in [9.17, 15) is 14.4 Å². The van der Waals surface area contributed by atoms with Gasteiger partial charge in [0.25, 0.3) is 5.91 Å². The lowest BCUT2D eigenvalue weighted by molar-refractivity contribution is -0.141. The average molecular weight is 494 g/mol. The van der Waals surface area contributed by atoms with Gasteiger partial charge in [-0.05, 0) is 43.0 Å². The standard InChI is InChI=1S/C26H27N3O5S/c1-14(25(31)32)15(2)29-24(30)23-16(3)28-22(35-23)12-27-26(33)34-13-21-19-10-6-4-8-17(19)18-9-5-7-11-20(18)21/h4-11,14-15,21H,12-13H2,1-3H3,(H,27,33)(H,29,30)(H,31,32). The third-order valence-corrected chi connectivity index (χ3v) is 7.43. The molecule has 4 rings (SSSR count). The van der Waals surface area contributed by atoms with E-state index in [-0.39, 0.29) is 25.0 Å². The number of fused-ring (bicyclic) bond motifs is 3. The molecule has 1 heterocycles. The number of aliphatic carboxylic acids is 1. The summed E-state index contributed by atoms with van der Waals surface area (Å²) in [7, 11) is 0. The van der Waals surface area contributed by atoms with Crippen molar-refractivity contribution < 1.29 is 24.2 Å². The number of aryl methyl sites for hydroxylation is 1. The summed E-state index contributed by atoms with van der Waals surface area (Å²) in [6.45, 7) is 5.22. The van der Waals surface area contributed by atoms with Gasteiger partial charge in [-0.2, -0.15) is 0 Å². The molecule has 35 heavy (non-hydrogen) atoms. The van der Waals surface area contributed by atoms with Gasteiger partial charge in [0, 0.05) is 12.0 Å². The molecule has 0 spiro atoms. The van der Waals surface area contributed by atoms with Crippen LogP contribution in [0.15, 0.2) is 48.5 Å². The first kappa shape index (κ1) is 24.4. The van der Waals surface area contributed by atoms with Crippen LogP contribution in [0.2, 0.25) is 0 Å². The number of alkyl carbamates (subject to hydrolysis) is 1. The molecule has 0 fully saturated rings. The Labute approximate surface area is 207 Å². The van der Waals surface area contributed by atoms with Crippen LogP contribution >= 0.6 is 11.3 Å². The smallest absolute Gasteiger partial charge is 0.407 e. The average Bonchev–Trinajstić information content (AvgIpc) is 3.38. The lowest BCUT2D eigenvalue weighted by Gasteiger charge is -2.17. The molecule has 9 heteroatoms. The molecular formula is C26H27N3O5S. The molecule has 2 aromatic carbocycles. The Morgan fingerprint density at radius 3 is 2.26 bits per heavy atom. The van der Waals surface area contributed by atoms with Crippen LogP contribution in [-0.4, -0.2) is 40.7 Å². The molecular weight excluding hydrogens is 466 g/mol. The molecule has 2 atom stereocenters. The lowest BCUT2D eigenvalue weighted by Crippen LogP contribution is -2.39. The zero-order chi connectivity index (χ0) is 25.1. The number of hydrogen-bond acceptors (Lipinski definition) is 6. The number of nitrogens with zero attached hydrogens (tertiary/aromatic N) is 1. The van der Waals surface area contributed by atoms with Crippen molar-refractivity contribution in [2.24, 2.45) is 5.92 Å². The number of ether oxygens (including phenoxy) is 1. The van der Waals surface area contributed by atoms with E-state index in [0.717, 1.165) is 33.6 Å². The van der Waals surface area contributed by atoms with Gasteiger partial charge in [-0.1, -0.05) is 48.5 Å². The SMILES string of the molecule is Cc1nc(CNC(=O)OCC2c3ccccc3-c3ccccc32)sc1C(=O)NC(C)C(C)C(=O)O. The highest BCUT2D eigenvalue weighted by atomic mass is 32.1. The van der Waals surface area contributed by atoms with Crippen molar-refractivity contribution in [3.05, 3.63) is 75.2 Å². The van der Waals surface area contributed by atoms with E-state index in [1.54, 1.807) is 13.8 Å². The Kier molecular flexibility index (Phi) is 7.16. The van der Waals surface area contributed by atoms with Gasteiger partial charge in [-0.15, -0.1) is 11.3 Å². The lowest BCUT2D eigenvalue weighted by atomic mass is 9.98. The maximum atomic E-state index is 12.6. The van der Waals surface area contributed by atoms with E-state index in [2.05, 4.69) is 39.9 Å². The molecule has 2 amide bonds. The van der Waals surface area contributed by atoms with Crippen molar-refractivity contribution in [1.29, 1.82) is 0 Å². The highest BCUT2D eigenvalue weighted by Crippen LogP contribution is 2.44. The number of nitrogens with one attached hydrogen (secondary N) is 2. The van der Waals surface area contributed by atoms with Crippen LogP contribution in [0.25, 0.3) is 11.1 Å². The molecule has 1 aliphatic carbocycles. The molecule has 8 nitrogen and oxygen atoms in total. The number of carbonyl (C=O) groups is 3. The Balaban J connectivity index is 1.33.